The fourth-order valence-corrected chi connectivity index (χ4v) is 2.76. The zero-order valence-electron chi connectivity index (χ0n) is 15.3. The second-order valence-electron chi connectivity index (χ2n) is 6.06. The first-order valence-electron chi connectivity index (χ1n) is 8.08. The molecule has 8 heteroatoms. The highest BCUT2D eigenvalue weighted by molar-refractivity contribution is 6.09. The monoisotopic (exact) mass is 373 g/mol. The highest BCUT2D eigenvalue weighted by atomic mass is 16.6. The van der Waals surface area contributed by atoms with Gasteiger partial charge in [-0.3, -0.25) is 10.1 Å². The van der Waals surface area contributed by atoms with Gasteiger partial charge >= 0.3 is 11.9 Å². The zero-order chi connectivity index (χ0) is 20.3. The molecule has 2 aromatic rings. The van der Waals surface area contributed by atoms with Crippen molar-refractivity contribution in [3.05, 3.63) is 57.1 Å². The lowest BCUT2D eigenvalue weighted by Gasteiger charge is -2.18. The first-order chi connectivity index (χ1) is 12.7. The number of carbonyl (C=O) groups excluding carboxylic acids is 2. The molecule has 0 fully saturated rings. The number of methoxy groups -OCH3 is 1. The zero-order valence-corrected chi connectivity index (χ0v) is 15.3. The minimum absolute atomic E-state index is 0.00222. The Hall–Kier alpha value is -3.42. The van der Waals surface area contributed by atoms with Crippen molar-refractivity contribution in [1.29, 1.82) is 0 Å². The molecule has 0 aliphatic rings. The Morgan fingerprint density at radius 3 is 2.33 bits per heavy atom. The summed E-state index contributed by atoms with van der Waals surface area (Å²) in [5, 5.41) is 21.9. The molecular weight excluding hydrogens is 354 g/mol. The number of phenols is 1. The molecule has 27 heavy (non-hydrogen) atoms. The summed E-state index contributed by atoms with van der Waals surface area (Å²) in [4.78, 5) is 35.9. The van der Waals surface area contributed by atoms with Gasteiger partial charge in [-0.1, -0.05) is 12.1 Å². The lowest BCUT2D eigenvalue weighted by Crippen LogP contribution is -2.16. The summed E-state index contributed by atoms with van der Waals surface area (Å²) >= 11 is 0. The van der Waals surface area contributed by atoms with Gasteiger partial charge in [0.05, 0.1) is 29.3 Å². The van der Waals surface area contributed by atoms with E-state index < -0.39 is 28.7 Å². The number of nitro groups is 1. The predicted octanol–water partition coefficient (Wildman–Crippen LogP) is 3.63. The highest BCUT2D eigenvalue weighted by Gasteiger charge is 2.31. The number of aryl methyl sites for hydroxylation is 1. The van der Waals surface area contributed by atoms with Crippen LogP contribution in [0.3, 0.4) is 0 Å². The Labute approximate surface area is 155 Å². The maximum atomic E-state index is 12.6. The Morgan fingerprint density at radius 2 is 1.78 bits per heavy atom. The van der Waals surface area contributed by atoms with E-state index in [1.54, 1.807) is 13.8 Å². The summed E-state index contributed by atoms with van der Waals surface area (Å²) in [6.45, 7) is 4.77. The standard InChI is InChI=1S/C19H19NO7/c1-10(2)27-19(23)17-14(21)9-11(3)15(18(22)26-4)16(17)12-7-5-6-8-13(12)20(24)25/h5-10,21H,1-4H3. The fourth-order valence-electron chi connectivity index (χ4n) is 2.76. The molecule has 0 heterocycles. The second kappa shape index (κ2) is 7.86. The van der Waals surface area contributed by atoms with Crippen molar-refractivity contribution in [3.63, 3.8) is 0 Å². The van der Waals surface area contributed by atoms with Crippen molar-refractivity contribution >= 4 is 17.6 Å². The van der Waals surface area contributed by atoms with Gasteiger partial charge in [-0.2, -0.15) is 0 Å². The minimum atomic E-state index is -0.902. The number of ether oxygens (including phenoxy) is 2. The van der Waals surface area contributed by atoms with E-state index in [4.69, 9.17) is 9.47 Å². The van der Waals surface area contributed by atoms with Crippen molar-refractivity contribution in [2.24, 2.45) is 0 Å². The molecule has 1 N–H and O–H groups in total. The first kappa shape index (κ1) is 19.9. The van der Waals surface area contributed by atoms with Gasteiger partial charge in [0, 0.05) is 11.6 Å². The van der Waals surface area contributed by atoms with Gasteiger partial charge in [0.25, 0.3) is 5.69 Å². The molecule has 0 aliphatic heterocycles. The Balaban J connectivity index is 2.97. The number of esters is 2. The van der Waals surface area contributed by atoms with E-state index in [-0.39, 0.29) is 27.9 Å². The summed E-state index contributed by atoms with van der Waals surface area (Å²) in [5.74, 6) is -2.14. The topological polar surface area (TPSA) is 116 Å². The molecule has 0 bridgehead atoms. The number of aromatic hydroxyl groups is 1. The van der Waals surface area contributed by atoms with Crippen LogP contribution in [0.5, 0.6) is 5.75 Å². The van der Waals surface area contributed by atoms with Crippen molar-refractivity contribution in [2.45, 2.75) is 26.9 Å². The van der Waals surface area contributed by atoms with E-state index >= 15 is 0 Å². The van der Waals surface area contributed by atoms with Crippen molar-refractivity contribution in [1.82, 2.24) is 0 Å². The van der Waals surface area contributed by atoms with E-state index in [0.717, 1.165) is 7.11 Å². The molecule has 0 atom stereocenters. The van der Waals surface area contributed by atoms with Gasteiger partial charge in [-0.15, -0.1) is 0 Å². The molecule has 8 nitrogen and oxygen atoms in total. The third kappa shape index (κ3) is 3.89. The number of nitro benzene ring substituents is 1. The number of rotatable bonds is 5. The van der Waals surface area contributed by atoms with Gasteiger partial charge in [0.2, 0.25) is 0 Å². The molecule has 142 valence electrons. The molecule has 0 aliphatic carbocycles. The van der Waals surface area contributed by atoms with Crippen LogP contribution in [-0.2, 0) is 9.47 Å². The van der Waals surface area contributed by atoms with Gasteiger partial charge in [-0.05, 0) is 38.5 Å². The SMILES string of the molecule is COC(=O)c1c(C)cc(O)c(C(=O)OC(C)C)c1-c1ccccc1[N+](=O)[O-]. The Kier molecular flexibility index (Phi) is 5.79. The quantitative estimate of drug-likeness (QED) is 0.483. The molecular formula is C19H19NO7. The van der Waals surface area contributed by atoms with Crippen LogP contribution in [0.15, 0.2) is 30.3 Å². The van der Waals surface area contributed by atoms with Gasteiger partial charge < -0.3 is 14.6 Å². The lowest BCUT2D eigenvalue weighted by atomic mass is 9.89. The predicted molar refractivity (Wildman–Crippen MR) is 96.8 cm³/mol. The Bertz CT molecular complexity index is 919. The number of para-hydroxylation sites is 1. The molecule has 0 saturated carbocycles. The van der Waals surface area contributed by atoms with Crippen LogP contribution in [0, 0.1) is 17.0 Å². The maximum Gasteiger partial charge on any atom is 0.342 e. The largest absolute Gasteiger partial charge is 0.507 e. The van der Waals surface area contributed by atoms with E-state index in [1.165, 1.54) is 37.3 Å². The summed E-state index contributed by atoms with van der Waals surface area (Å²) in [6.07, 6.45) is -0.501. The van der Waals surface area contributed by atoms with Gasteiger partial charge in [0.15, 0.2) is 0 Å². The third-order valence-corrected chi connectivity index (χ3v) is 3.81. The van der Waals surface area contributed by atoms with Crippen LogP contribution in [0.4, 0.5) is 5.69 Å². The number of hydrogen-bond acceptors (Lipinski definition) is 7. The number of carbonyl (C=O) groups is 2. The van der Waals surface area contributed by atoms with E-state index in [1.807, 2.05) is 0 Å². The molecule has 0 unspecified atom stereocenters. The normalized spacial score (nSPS) is 10.6. The fraction of sp³-hybridized carbons (Fsp3) is 0.263. The average Bonchev–Trinajstić information content (AvgIpc) is 2.59. The second-order valence-corrected chi connectivity index (χ2v) is 6.06. The summed E-state index contributed by atoms with van der Waals surface area (Å²) in [5.41, 5.74) is -0.515. The van der Waals surface area contributed by atoms with Crippen molar-refractivity contribution in [2.75, 3.05) is 7.11 Å². The molecule has 0 saturated heterocycles. The maximum absolute atomic E-state index is 12.6. The van der Waals surface area contributed by atoms with Crippen LogP contribution < -0.4 is 0 Å². The summed E-state index contributed by atoms with van der Waals surface area (Å²) in [7, 11) is 1.16. The van der Waals surface area contributed by atoms with Crippen LogP contribution in [-0.4, -0.2) is 35.2 Å². The van der Waals surface area contributed by atoms with E-state index in [2.05, 4.69) is 0 Å². The van der Waals surface area contributed by atoms with Crippen molar-refractivity contribution < 1.29 is 29.1 Å². The highest BCUT2D eigenvalue weighted by Crippen LogP contribution is 2.40. The number of hydrogen-bond donors (Lipinski definition) is 1. The van der Waals surface area contributed by atoms with Crippen LogP contribution >= 0.6 is 0 Å². The van der Waals surface area contributed by atoms with E-state index in [9.17, 15) is 24.8 Å². The summed E-state index contributed by atoms with van der Waals surface area (Å²) < 4.78 is 9.96. The number of benzene rings is 2. The smallest absolute Gasteiger partial charge is 0.342 e. The van der Waals surface area contributed by atoms with Crippen molar-refractivity contribution in [3.8, 4) is 16.9 Å². The van der Waals surface area contributed by atoms with Gasteiger partial charge in [0.1, 0.15) is 11.3 Å². The number of nitrogens with zero attached hydrogens (tertiary/aromatic N) is 1. The molecule has 0 amide bonds. The van der Waals surface area contributed by atoms with Gasteiger partial charge in [-0.25, -0.2) is 9.59 Å². The molecule has 2 aromatic carbocycles. The Morgan fingerprint density at radius 1 is 1.15 bits per heavy atom. The average molecular weight is 373 g/mol. The molecule has 0 aromatic heterocycles. The number of phenolic OH excluding ortho intramolecular Hbond substituents is 1. The lowest BCUT2D eigenvalue weighted by molar-refractivity contribution is -0.384. The first-order valence-corrected chi connectivity index (χ1v) is 8.08. The molecule has 2 rings (SSSR count). The molecule has 0 radical (unpaired) electrons. The van der Waals surface area contributed by atoms with Crippen LogP contribution in [0.2, 0.25) is 0 Å². The van der Waals surface area contributed by atoms with Crippen LogP contribution in [0.25, 0.3) is 11.1 Å². The summed E-state index contributed by atoms with van der Waals surface area (Å²) in [6, 6.07) is 6.85. The van der Waals surface area contributed by atoms with E-state index in [0.29, 0.717) is 5.56 Å². The third-order valence-electron chi connectivity index (χ3n) is 3.81. The molecule has 0 spiro atoms. The minimum Gasteiger partial charge on any atom is -0.507 e. The van der Waals surface area contributed by atoms with Crippen LogP contribution in [0.1, 0.15) is 40.1 Å².